The van der Waals surface area contributed by atoms with E-state index in [-0.39, 0.29) is 0 Å². The molecule has 18 heavy (non-hydrogen) atoms. The fraction of sp³-hybridized carbons (Fsp3) is 0.533. The summed E-state index contributed by atoms with van der Waals surface area (Å²) in [6, 6.07) is 8.55. The maximum Gasteiger partial charge on any atom is 0.101 e. The zero-order valence-corrected chi connectivity index (χ0v) is 12.3. The molecule has 0 atom stereocenters. The van der Waals surface area contributed by atoms with E-state index in [1.54, 1.807) is 0 Å². The van der Waals surface area contributed by atoms with Gasteiger partial charge in [0.05, 0.1) is 11.3 Å². The molecule has 1 aromatic carbocycles. The number of nitrogens with zero attached hydrogens (tertiary/aromatic N) is 2. The number of alkyl halides is 1. The summed E-state index contributed by atoms with van der Waals surface area (Å²) >= 11 is 5.81. The molecule has 0 bridgehead atoms. The molecule has 0 N–H and O–H groups in total. The molecule has 0 saturated heterocycles. The lowest BCUT2D eigenvalue weighted by molar-refractivity contribution is 0.570. The Hall–Kier alpha value is -1.20. The summed E-state index contributed by atoms with van der Waals surface area (Å²) in [4.78, 5) is 2.28. The summed E-state index contributed by atoms with van der Waals surface area (Å²) in [6.07, 6.45) is 0. The normalized spacial score (nSPS) is 10.8. The third-order valence-electron chi connectivity index (χ3n) is 2.83. The van der Waals surface area contributed by atoms with E-state index in [1.807, 2.05) is 18.2 Å². The first-order chi connectivity index (χ1) is 8.49. The van der Waals surface area contributed by atoms with Crippen molar-refractivity contribution in [2.45, 2.75) is 39.6 Å². The van der Waals surface area contributed by atoms with Crippen molar-refractivity contribution in [3.63, 3.8) is 0 Å². The van der Waals surface area contributed by atoms with Gasteiger partial charge >= 0.3 is 0 Å². The lowest BCUT2D eigenvalue weighted by Gasteiger charge is -2.31. The Morgan fingerprint density at radius 2 is 1.94 bits per heavy atom. The number of rotatable bonds is 5. The first kappa shape index (κ1) is 14.9. The minimum Gasteiger partial charge on any atom is -0.368 e. The average molecular weight is 265 g/mol. The van der Waals surface area contributed by atoms with Gasteiger partial charge in [-0.3, -0.25) is 0 Å². The quantitative estimate of drug-likeness (QED) is 0.747. The van der Waals surface area contributed by atoms with Crippen LogP contribution in [0.4, 0.5) is 5.69 Å². The average Bonchev–Trinajstić information content (AvgIpc) is 2.34. The van der Waals surface area contributed by atoms with Crippen LogP contribution in [0.15, 0.2) is 18.2 Å². The highest BCUT2D eigenvalue weighted by atomic mass is 35.5. The van der Waals surface area contributed by atoms with Gasteiger partial charge in [0.25, 0.3) is 0 Å². The molecule has 0 spiro atoms. The first-order valence-corrected chi connectivity index (χ1v) is 6.88. The SMILES string of the molecule is CC(C)CN(c1ccc(CCl)cc1C#N)C(C)C. The number of anilines is 1. The van der Waals surface area contributed by atoms with Crippen molar-refractivity contribution >= 4 is 17.3 Å². The molecular formula is C15H21ClN2. The smallest absolute Gasteiger partial charge is 0.101 e. The van der Waals surface area contributed by atoms with Gasteiger partial charge in [0.2, 0.25) is 0 Å². The first-order valence-electron chi connectivity index (χ1n) is 6.35. The van der Waals surface area contributed by atoms with Crippen molar-refractivity contribution in [1.82, 2.24) is 0 Å². The monoisotopic (exact) mass is 264 g/mol. The number of hydrogen-bond acceptors (Lipinski definition) is 2. The van der Waals surface area contributed by atoms with Crippen LogP contribution < -0.4 is 4.90 Å². The van der Waals surface area contributed by atoms with E-state index in [4.69, 9.17) is 11.6 Å². The Morgan fingerprint density at radius 1 is 1.28 bits per heavy atom. The predicted molar refractivity (Wildman–Crippen MR) is 78.0 cm³/mol. The molecular weight excluding hydrogens is 244 g/mol. The highest BCUT2D eigenvalue weighted by molar-refractivity contribution is 6.17. The molecule has 0 aromatic heterocycles. The standard InChI is InChI=1S/C15H21ClN2/c1-11(2)10-18(12(3)4)15-6-5-13(8-16)7-14(15)9-17/h5-7,11-12H,8,10H2,1-4H3. The minimum absolute atomic E-state index is 0.376. The Balaban J connectivity index is 3.16. The number of halogens is 1. The van der Waals surface area contributed by atoms with Crippen molar-refractivity contribution in [3.05, 3.63) is 29.3 Å². The zero-order valence-electron chi connectivity index (χ0n) is 11.6. The molecule has 0 fully saturated rings. The summed E-state index contributed by atoms with van der Waals surface area (Å²) < 4.78 is 0. The van der Waals surface area contributed by atoms with E-state index in [0.717, 1.165) is 17.8 Å². The molecule has 0 heterocycles. The summed E-state index contributed by atoms with van der Waals surface area (Å²) in [5.41, 5.74) is 2.71. The van der Waals surface area contributed by atoms with E-state index in [0.29, 0.717) is 23.4 Å². The number of hydrogen-bond donors (Lipinski definition) is 0. The second-order valence-electron chi connectivity index (χ2n) is 5.24. The molecule has 2 nitrogen and oxygen atoms in total. The third kappa shape index (κ3) is 3.65. The molecule has 0 aliphatic carbocycles. The summed E-state index contributed by atoms with van der Waals surface area (Å²) in [6.45, 7) is 9.63. The van der Waals surface area contributed by atoms with E-state index >= 15 is 0 Å². The molecule has 1 rings (SSSR count). The Bertz CT molecular complexity index is 433. The lowest BCUT2D eigenvalue weighted by Crippen LogP contribution is -2.34. The van der Waals surface area contributed by atoms with Crippen LogP contribution >= 0.6 is 11.6 Å². The largest absolute Gasteiger partial charge is 0.368 e. The summed E-state index contributed by atoms with van der Waals surface area (Å²) in [5.74, 6) is 1.01. The fourth-order valence-electron chi connectivity index (χ4n) is 1.99. The topological polar surface area (TPSA) is 27.0 Å². The minimum atomic E-state index is 0.376. The van der Waals surface area contributed by atoms with E-state index in [9.17, 15) is 5.26 Å². The van der Waals surface area contributed by atoms with Gasteiger partial charge in [-0.1, -0.05) is 19.9 Å². The molecule has 0 unspecified atom stereocenters. The third-order valence-corrected chi connectivity index (χ3v) is 3.14. The molecule has 0 amide bonds. The molecule has 0 aliphatic rings. The summed E-state index contributed by atoms with van der Waals surface area (Å²) in [5, 5.41) is 9.28. The van der Waals surface area contributed by atoms with Gasteiger partial charge in [-0.25, -0.2) is 0 Å². The Morgan fingerprint density at radius 3 is 2.39 bits per heavy atom. The van der Waals surface area contributed by atoms with Crippen LogP contribution in [0.2, 0.25) is 0 Å². The number of nitriles is 1. The van der Waals surface area contributed by atoms with Crippen molar-refractivity contribution in [2.75, 3.05) is 11.4 Å². The maximum atomic E-state index is 9.28. The van der Waals surface area contributed by atoms with Gasteiger partial charge in [-0.15, -0.1) is 11.6 Å². The van der Waals surface area contributed by atoms with Gasteiger partial charge < -0.3 is 4.90 Å². The van der Waals surface area contributed by atoms with E-state index < -0.39 is 0 Å². The number of benzene rings is 1. The Kier molecular flexibility index (Phi) is 5.50. The second kappa shape index (κ2) is 6.66. The molecule has 0 aliphatic heterocycles. The van der Waals surface area contributed by atoms with Gasteiger partial charge in [0, 0.05) is 18.5 Å². The molecule has 0 radical (unpaired) electrons. The van der Waals surface area contributed by atoms with Crippen molar-refractivity contribution in [1.29, 1.82) is 5.26 Å². The highest BCUT2D eigenvalue weighted by Gasteiger charge is 2.16. The van der Waals surface area contributed by atoms with Crippen LogP contribution in [0.5, 0.6) is 0 Å². The second-order valence-corrected chi connectivity index (χ2v) is 5.50. The molecule has 3 heteroatoms. The Labute approximate surface area is 115 Å². The maximum absolute atomic E-state index is 9.28. The predicted octanol–water partition coefficient (Wildman–Crippen LogP) is 4.17. The molecule has 0 saturated carbocycles. The lowest BCUT2D eigenvalue weighted by atomic mass is 10.1. The zero-order chi connectivity index (χ0) is 13.7. The van der Waals surface area contributed by atoms with Crippen LogP contribution in [0.25, 0.3) is 0 Å². The van der Waals surface area contributed by atoms with E-state index in [1.165, 1.54) is 0 Å². The van der Waals surface area contributed by atoms with Crippen LogP contribution in [0, 0.1) is 17.2 Å². The van der Waals surface area contributed by atoms with Gasteiger partial charge in [-0.05, 0) is 37.5 Å². The fourth-order valence-corrected chi connectivity index (χ4v) is 2.15. The van der Waals surface area contributed by atoms with Crippen molar-refractivity contribution in [3.8, 4) is 6.07 Å². The van der Waals surface area contributed by atoms with Gasteiger partial charge in [-0.2, -0.15) is 5.26 Å². The molecule has 98 valence electrons. The molecule has 1 aromatic rings. The summed E-state index contributed by atoms with van der Waals surface area (Å²) in [7, 11) is 0. The van der Waals surface area contributed by atoms with Crippen molar-refractivity contribution < 1.29 is 0 Å². The van der Waals surface area contributed by atoms with Crippen molar-refractivity contribution in [2.24, 2.45) is 5.92 Å². The van der Waals surface area contributed by atoms with Crippen LogP contribution in [-0.2, 0) is 5.88 Å². The van der Waals surface area contributed by atoms with Crippen LogP contribution in [0.3, 0.4) is 0 Å². The van der Waals surface area contributed by atoms with Crippen LogP contribution in [0.1, 0.15) is 38.8 Å². The van der Waals surface area contributed by atoms with Gasteiger partial charge in [0.15, 0.2) is 0 Å². The van der Waals surface area contributed by atoms with Crippen LogP contribution in [-0.4, -0.2) is 12.6 Å². The van der Waals surface area contributed by atoms with Gasteiger partial charge in [0.1, 0.15) is 6.07 Å². The van der Waals surface area contributed by atoms with E-state index in [2.05, 4.69) is 38.7 Å². The highest BCUT2D eigenvalue weighted by Crippen LogP contribution is 2.25.